The van der Waals surface area contributed by atoms with Gasteiger partial charge in [0.15, 0.2) is 0 Å². The number of hydrogen-bond acceptors (Lipinski definition) is 11. The van der Waals surface area contributed by atoms with Crippen LogP contribution in [0, 0.1) is 17.3 Å². The Bertz CT molecular complexity index is 1880. The molecular weight excluding hydrogens is 773 g/mol. The number of likely N-dealkylation sites (N-methyl/N-ethyl adjacent to an activating group) is 1. The van der Waals surface area contributed by atoms with Crippen molar-refractivity contribution in [3.8, 4) is 0 Å². The molecule has 0 spiro atoms. The Morgan fingerprint density at radius 2 is 1.55 bits per heavy atom. The van der Waals surface area contributed by atoms with Crippen molar-refractivity contribution in [1.29, 1.82) is 0 Å². The van der Waals surface area contributed by atoms with E-state index < -0.39 is 89.2 Å². The van der Waals surface area contributed by atoms with Gasteiger partial charge in [0.05, 0.1) is 36.2 Å². The van der Waals surface area contributed by atoms with E-state index in [2.05, 4.69) is 41.9 Å². The molecule has 2 aliphatic rings. The van der Waals surface area contributed by atoms with Gasteiger partial charge in [-0.05, 0) is 36.2 Å². The minimum Gasteiger partial charge on any atom is -0.364 e. The lowest BCUT2D eigenvalue weighted by Crippen LogP contribution is -2.59. The average molecular weight is 833 g/mol. The molecule has 2 fully saturated rings. The lowest BCUT2D eigenvalue weighted by molar-refractivity contribution is -0.141. The summed E-state index contributed by atoms with van der Waals surface area (Å²) in [6, 6.07) is 4.52. The van der Waals surface area contributed by atoms with Gasteiger partial charge in [-0.2, -0.15) is 0 Å². The van der Waals surface area contributed by atoms with Crippen LogP contribution in [0.3, 0.4) is 0 Å². The number of hydrogen-bond donors (Lipinski definition) is 7. The highest BCUT2D eigenvalue weighted by atomic mass is 16.2. The van der Waals surface area contributed by atoms with Gasteiger partial charge in [-0.15, -0.1) is 0 Å². The molecule has 6 atom stereocenters. The molecule has 0 radical (unpaired) electrons. The molecule has 326 valence electrons. The predicted molar refractivity (Wildman–Crippen MR) is 220 cm³/mol. The zero-order valence-electron chi connectivity index (χ0n) is 35.3. The van der Waals surface area contributed by atoms with E-state index in [0.717, 1.165) is 32.1 Å². The van der Waals surface area contributed by atoms with Crippen LogP contribution in [-0.4, -0.2) is 114 Å². The van der Waals surface area contributed by atoms with Crippen molar-refractivity contribution in [2.24, 2.45) is 23.0 Å². The summed E-state index contributed by atoms with van der Waals surface area (Å²) in [5.74, 6) is -7.45. The van der Waals surface area contributed by atoms with Crippen LogP contribution in [0.1, 0.15) is 106 Å². The van der Waals surface area contributed by atoms with E-state index in [9.17, 15) is 38.4 Å². The molecule has 2 aromatic rings. The third-order valence-corrected chi connectivity index (χ3v) is 10.9. The van der Waals surface area contributed by atoms with Gasteiger partial charge in [0.25, 0.3) is 11.8 Å². The van der Waals surface area contributed by atoms with E-state index >= 15 is 0 Å². The third kappa shape index (κ3) is 12.4. The summed E-state index contributed by atoms with van der Waals surface area (Å²) in [5.41, 5.74) is 5.44. The van der Waals surface area contributed by atoms with Gasteiger partial charge < -0.3 is 42.5 Å². The van der Waals surface area contributed by atoms with Crippen LogP contribution in [0.5, 0.6) is 0 Å². The second kappa shape index (κ2) is 21.5. The number of benzene rings is 1. The summed E-state index contributed by atoms with van der Waals surface area (Å²) in [6.07, 6.45) is 7.54. The van der Waals surface area contributed by atoms with E-state index in [1.165, 1.54) is 17.3 Å². The van der Waals surface area contributed by atoms with E-state index in [-0.39, 0.29) is 42.7 Å². The number of ketones is 1. The number of carbonyl (C=O) groups excluding carboxylic acids is 8. The lowest BCUT2D eigenvalue weighted by Gasteiger charge is -2.35. The Morgan fingerprint density at radius 1 is 0.883 bits per heavy atom. The lowest BCUT2D eigenvalue weighted by atomic mass is 9.76. The largest absolute Gasteiger partial charge is 0.364 e. The average Bonchev–Trinajstić information content (AvgIpc) is 3.68. The molecule has 18 nitrogen and oxygen atoms in total. The second-order valence-electron chi connectivity index (χ2n) is 16.8. The van der Waals surface area contributed by atoms with Gasteiger partial charge in [-0.25, -0.2) is 4.98 Å². The van der Waals surface area contributed by atoms with Crippen molar-refractivity contribution in [2.75, 3.05) is 33.7 Å². The monoisotopic (exact) mass is 832 g/mol. The van der Waals surface area contributed by atoms with Crippen molar-refractivity contribution < 1.29 is 38.4 Å². The van der Waals surface area contributed by atoms with Crippen molar-refractivity contribution >= 4 is 47.1 Å². The van der Waals surface area contributed by atoms with E-state index in [0.29, 0.717) is 12.0 Å². The molecule has 1 saturated carbocycles. The Hall–Kier alpha value is -5.78. The number of primary amides is 1. The molecule has 7 amide bonds. The maximum absolute atomic E-state index is 14.2. The molecule has 1 saturated heterocycles. The van der Waals surface area contributed by atoms with Gasteiger partial charge >= 0.3 is 0 Å². The SMILES string of the molecule is CCC[C@H](NC(=O)[C@@H]1CNC[C@@H]1NC(=O)[C@@H](NC(=O)[C@H](c1nccnc1C(N)=O)C1CCCCC1)C(C)(C)C)C(=O)C(=O)NCC(=O)N[C@H](C(=O)N(C)C)c1ccccc1. The number of nitrogens with two attached hydrogens (primary N) is 1. The summed E-state index contributed by atoms with van der Waals surface area (Å²) in [5, 5.41) is 16.5. The summed E-state index contributed by atoms with van der Waals surface area (Å²) in [4.78, 5) is 116. The normalized spacial score (nSPS) is 18.8. The number of amides is 7. The zero-order chi connectivity index (χ0) is 44.1. The van der Waals surface area contributed by atoms with Crippen molar-refractivity contribution in [3.05, 3.63) is 59.7 Å². The van der Waals surface area contributed by atoms with Crippen LogP contribution >= 0.6 is 0 Å². The molecule has 1 aromatic heterocycles. The first-order chi connectivity index (χ1) is 28.4. The fourth-order valence-corrected chi connectivity index (χ4v) is 7.72. The van der Waals surface area contributed by atoms with Crippen LogP contribution in [0.4, 0.5) is 0 Å². The summed E-state index contributed by atoms with van der Waals surface area (Å²) < 4.78 is 0. The summed E-state index contributed by atoms with van der Waals surface area (Å²) in [6.45, 7) is 6.93. The number of nitrogens with one attached hydrogen (secondary N) is 6. The highest BCUT2D eigenvalue weighted by Crippen LogP contribution is 2.37. The highest BCUT2D eigenvalue weighted by molar-refractivity contribution is 6.38. The minimum absolute atomic E-state index is 0.0982. The van der Waals surface area contributed by atoms with Crippen LogP contribution in [0.25, 0.3) is 0 Å². The highest BCUT2D eigenvalue weighted by Gasteiger charge is 2.42. The maximum Gasteiger partial charge on any atom is 0.290 e. The smallest absolute Gasteiger partial charge is 0.290 e. The standard InChI is InChI=1S/C42H60N10O8/c1-7-14-27(34(54)39(58)47-23-29(53)50-31(41(60)52(5)6)25-17-12-9-13-18-25)48-37(56)26-21-44-22-28(26)49-40(59)35(42(2,3)4)51-38(57)30(24-15-10-8-11-16-24)32-33(36(43)55)46-20-19-45-32/h9,12-13,17-20,24,26-28,30-31,35,44H,7-8,10-11,14-16,21-23H2,1-6H3,(H2,43,55)(H,47,58)(H,48,56)(H,49,59)(H,50,53)(H,51,57)/t26-,27+,28+,30+,31+,35-/m1/s1. The molecule has 0 unspecified atom stereocenters. The molecular formula is C42H60N10O8. The zero-order valence-corrected chi connectivity index (χ0v) is 35.3. The molecule has 1 aliphatic carbocycles. The number of carbonyl (C=O) groups is 8. The van der Waals surface area contributed by atoms with Gasteiger partial charge in [0, 0.05) is 39.6 Å². The predicted octanol–water partition coefficient (Wildman–Crippen LogP) is 0.390. The molecule has 1 aliphatic heterocycles. The van der Waals surface area contributed by atoms with Gasteiger partial charge in [-0.1, -0.05) is 83.7 Å². The Balaban J connectivity index is 1.41. The topological polar surface area (TPSA) is 264 Å². The van der Waals surface area contributed by atoms with Crippen molar-refractivity contribution in [1.82, 2.24) is 46.8 Å². The Labute approximate surface area is 350 Å². The molecule has 8 N–H and O–H groups in total. The van der Waals surface area contributed by atoms with Crippen LogP contribution in [0.15, 0.2) is 42.7 Å². The van der Waals surface area contributed by atoms with E-state index in [1.54, 1.807) is 72.1 Å². The molecule has 1 aromatic carbocycles. The number of rotatable bonds is 18. The Morgan fingerprint density at radius 3 is 2.17 bits per heavy atom. The first-order valence-electron chi connectivity index (χ1n) is 20.5. The van der Waals surface area contributed by atoms with Crippen molar-refractivity contribution in [3.63, 3.8) is 0 Å². The van der Waals surface area contributed by atoms with Crippen LogP contribution in [-0.2, 0) is 33.6 Å². The first kappa shape index (κ1) is 46.9. The van der Waals surface area contributed by atoms with E-state index in [1.807, 2.05) is 0 Å². The first-order valence-corrected chi connectivity index (χ1v) is 20.5. The van der Waals surface area contributed by atoms with Gasteiger partial charge in [0.1, 0.15) is 17.8 Å². The second-order valence-corrected chi connectivity index (χ2v) is 16.8. The number of nitrogens with zero attached hydrogens (tertiary/aromatic N) is 3. The summed E-state index contributed by atoms with van der Waals surface area (Å²) >= 11 is 0. The molecule has 4 rings (SSSR count). The van der Waals surface area contributed by atoms with Crippen LogP contribution in [0.2, 0.25) is 0 Å². The van der Waals surface area contributed by atoms with Crippen molar-refractivity contribution in [2.45, 2.75) is 103 Å². The molecule has 18 heteroatoms. The molecule has 60 heavy (non-hydrogen) atoms. The minimum atomic E-state index is -1.22. The van der Waals surface area contributed by atoms with Gasteiger partial charge in [0.2, 0.25) is 35.3 Å². The fraction of sp³-hybridized carbons (Fsp3) is 0.571. The van der Waals surface area contributed by atoms with E-state index in [4.69, 9.17) is 5.73 Å². The summed E-state index contributed by atoms with van der Waals surface area (Å²) in [7, 11) is 3.10. The number of Topliss-reactive ketones (excluding diaryl/α,β-unsaturated/α-hetero) is 1. The van der Waals surface area contributed by atoms with Crippen LogP contribution < -0.4 is 37.6 Å². The number of aromatic nitrogens is 2. The Kier molecular flexibility index (Phi) is 16.8. The van der Waals surface area contributed by atoms with Gasteiger partial charge in [-0.3, -0.25) is 43.3 Å². The molecule has 2 heterocycles. The maximum atomic E-state index is 14.2. The quantitative estimate of drug-likeness (QED) is 0.101. The third-order valence-electron chi connectivity index (χ3n) is 10.9. The fourth-order valence-electron chi connectivity index (χ4n) is 7.72. The molecule has 0 bridgehead atoms.